The highest BCUT2D eigenvalue weighted by molar-refractivity contribution is 5.03. The Morgan fingerprint density at radius 1 is 1.47 bits per heavy atom. The van der Waals surface area contributed by atoms with Crippen molar-refractivity contribution in [2.75, 3.05) is 20.3 Å². The number of nitrogens with zero attached hydrogens (tertiary/aromatic N) is 2. The van der Waals surface area contributed by atoms with Crippen LogP contribution in [0, 0.1) is 0 Å². The molecule has 1 N–H and O–H groups in total. The summed E-state index contributed by atoms with van der Waals surface area (Å²) < 4.78 is 16.4. The van der Waals surface area contributed by atoms with E-state index < -0.39 is 5.60 Å². The Bertz CT molecular complexity index is 410. The Kier molecular flexibility index (Phi) is 4.54. The molecule has 0 aliphatic carbocycles. The number of hydrogen-bond acceptors (Lipinski definition) is 6. The van der Waals surface area contributed by atoms with Crippen LogP contribution in [-0.4, -0.2) is 36.5 Å². The van der Waals surface area contributed by atoms with E-state index in [4.69, 9.17) is 14.0 Å². The van der Waals surface area contributed by atoms with E-state index in [0.29, 0.717) is 18.3 Å². The van der Waals surface area contributed by atoms with E-state index in [2.05, 4.69) is 22.4 Å². The average molecular weight is 269 g/mol. The molecule has 108 valence electrons. The number of hydrogen-bond donors (Lipinski definition) is 1. The summed E-state index contributed by atoms with van der Waals surface area (Å²) in [5, 5.41) is 7.41. The monoisotopic (exact) mass is 269 g/mol. The normalized spacial score (nSPS) is 26.5. The van der Waals surface area contributed by atoms with Gasteiger partial charge in [0, 0.05) is 20.3 Å². The summed E-state index contributed by atoms with van der Waals surface area (Å²) in [4.78, 5) is 4.50. The van der Waals surface area contributed by atoms with Gasteiger partial charge in [0.1, 0.15) is 5.60 Å². The van der Waals surface area contributed by atoms with Crippen LogP contribution in [0.4, 0.5) is 0 Å². The van der Waals surface area contributed by atoms with Gasteiger partial charge in [0.25, 0.3) is 0 Å². The molecule has 0 radical (unpaired) electrons. The van der Waals surface area contributed by atoms with Gasteiger partial charge in [-0.05, 0) is 26.7 Å². The lowest BCUT2D eigenvalue weighted by Crippen LogP contribution is -2.26. The molecule has 1 aromatic heterocycles. The zero-order valence-corrected chi connectivity index (χ0v) is 12.1. The molecule has 0 spiro atoms. The largest absolute Gasteiger partial charge is 0.380 e. The van der Waals surface area contributed by atoms with E-state index >= 15 is 0 Å². The maximum absolute atomic E-state index is 5.75. The fourth-order valence-electron chi connectivity index (χ4n) is 2.31. The van der Waals surface area contributed by atoms with Crippen molar-refractivity contribution >= 4 is 0 Å². The summed E-state index contributed by atoms with van der Waals surface area (Å²) in [5.41, 5.74) is -0.476. The smallest absolute Gasteiger partial charge is 0.243 e. The summed E-state index contributed by atoms with van der Waals surface area (Å²) in [7, 11) is 1.72. The van der Waals surface area contributed by atoms with Gasteiger partial charge in [-0.2, -0.15) is 4.98 Å². The molecule has 0 amide bonds. The second-order valence-electron chi connectivity index (χ2n) is 5.03. The van der Waals surface area contributed by atoms with Crippen molar-refractivity contribution in [2.24, 2.45) is 0 Å². The first-order valence-electron chi connectivity index (χ1n) is 6.87. The predicted molar refractivity (Wildman–Crippen MR) is 69.7 cm³/mol. The van der Waals surface area contributed by atoms with Crippen LogP contribution in [0.25, 0.3) is 0 Å². The van der Waals surface area contributed by atoms with Gasteiger partial charge in [-0.3, -0.25) is 0 Å². The molecular weight excluding hydrogens is 246 g/mol. The highest BCUT2D eigenvalue weighted by Crippen LogP contribution is 2.29. The predicted octanol–water partition coefficient (Wildman–Crippen LogP) is 1.78. The van der Waals surface area contributed by atoms with Crippen molar-refractivity contribution in [1.82, 2.24) is 15.5 Å². The summed E-state index contributed by atoms with van der Waals surface area (Å²) in [6.07, 6.45) is 1.87. The van der Waals surface area contributed by atoms with Crippen molar-refractivity contribution < 1.29 is 14.0 Å². The summed E-state index contributed by atoms with van der Waals surface area (Å²) in [5.74, 6) is 1.24. The first-order chi connectivity index (χ1) is 9.12. The minimum Gasteiger partial charge on any atom is -0.380 e. The van der Waals surface area contributed by atoms with Gasteiger partial charge in [0.15, 0.2) is 0 Å². The topological polar surface area (TPSA) is 69.4 Å². The van der Waals surface area contributed by atoms with E-state index in [9.17, 15) is 0 Å². The molecule has 1 fully saturated rings. The molecule has 6 nitrogen and oxygen atoms in total. The van der Waals surface area contributed by atoms with Crippen LogP contribution < -0.4 is 5.32 Å². The zero-order valence-electron chi connectivity index (χ0n) is 12.1. The van der Waals surface area contributed by atoms with Crippen LogP contribution in [0.15, 0.2) is 4.52 Å². The number of methoxy groups -OCH3 is 1. The third-order valence-electron chi connectivity index (χ3n) is 3.77. The van der Waals surface area contributed by atoms with Crippen LogP contribution in [-0.2, 0) is 15.1 Å². The minimum absolute atomic E-state index is 0.0777. The summed E-state index contributed by atoms with van der Waals surface area (Å²) in [6.45, 7) is 7.46. The molecule has 0 bridgehead atoms. The Labute approximate surface area is 113 Å². The Balaban J connectivity index is 2.10. The van der Waals surface area contributed by atoms with E-state index in [1.54, 1.807) is 7.11 Å². The van der Waals surface area contributed by atoms with Crippen molar-refractivity contribution in [3.8, 4) is 0 Å². The summed E-state index contributed by atoms with van der Waals surface area (Å²) >= 11 is 0. The zero-order chi connectivity index (χ0) is 13.9. The van der Waals surface area contributed by atoms with Gasteiger partial charge in [-0.15, -0.1) is 0 Å². The van der Waals surface area contributed by atoms with Crippen LogP contribution in [0.2, 0.25) is 0 Å². The first kappa shape index (κ1) is 14.4. The molecule has 0 aromatic carbocycles. The second kappa shape index (κ2) is 5.98. The molecule has 19 heavy (non-hydrogen) atoms. The average Bonchev–Trinajstić information content (AvgIpc) is 3.07. The van der Waals surface area contributed by atoms with Gasteiger partial charge in [-0.1, -0.05) is 12.1 Å². The molecule has 3 atom stereocenters. The van der Waals surface area contributed by atoms with Gasteiger partial charge in [0.2, 0.25) is 11.7 Å². The SMILES string of the molecule is CCOC(C)(CC)c1noc(C2CC(OC)CN2)n1. The Hall–Kier alpha value is -0.980. The number of rotatable bonds is 6. The quantitative estimate of drug-likeness (QED) is 0.849. The molecule has 1 aliphatic rings. The van der Waals surface area contributed by atoms with Crippen LogP contribution in [0.5, 0.6) is 0 Å². The first-order valence-corrected chi connectivity index (χ1v) is 6.87. The van der Waals surface area contributed by atoms with E-state index in [1.165, 1.54) is 0 Å². The minimum atomic E-state index is -0.476. The molecule has 2 heterocycles. The van der Waals surface area contributed by atoms with Crippen molar-refractivity contribution in [2.45, 2.75) is 51.4 Å². The van der Waals surface area contributed by atoms with Crippen LogP contribution >= 0.6 is 0 Å². The van der Waals surface area contributed by atoms with Gasteiger partial charge in [0.05, 0.1) is 12.1 Å². The molecular formula is C13H23N3O3. The highest BCUT2D eigenvalue weighted by Gasteiger charge is 2.34. The third-order valence-corrected chi connectivity index (χ3v) is 3.77. The number of aromatic nitrogens is 2. The lowest BCUT2D eigenvalue weighted by molar-refractivity contribution is -0.0403. The second-order valence-corrected chi connectivity index (χ2v) is 5.03. The number of nitrogens with one attached hydrogen (secondary N) is 1. The number of ether oxygens (including phenoxy) is 2. The standard InChI is InChI=1S/C13H23N3O3/c1-5-13(3,18-6-2)12-15-11(19-16-12)10-7-9(17-4)8-14-10/h9-10,14H,5-8H2,1-4H3. The van der Waals surface area contributed by atoms with E-state index in [1.807, 2.05) is 13.8 Å². The fraction of sp³-hybridized carbons (Fsp3) is 0.846. The maximum Gasteiger partial charge on any atom is 0.243 e. The molecule has 0 saturated carbocycles. The third kappa shape index (κ3) is 2.96. The fourth-order valence-corrected chi connectivity index (χ4v) is 2.31. The van der Waals surface area contributed by atoms with Crippen LogP contribution in [0.3, 0.4) is 0 Å². The lowest BCUT2D eigenvalue weighted by Gasteiger charge is -2.23. The highest BCUT2D eigenvalue weighted by atomic mass is 16.5. The van der Waals surface area contributed by atoms with E-state index in [0.717, 1.165) is 19.4 Å². The Morgan fingerprint density at radius 3 is 2.84 bits per heavy atom. The molecule has 1 saturated heterocycles. The van der Waals surface area contributed by atoms with Gasteiger partial charge < -0.3 is 19.3 Å². The van der Waals surface area contributed by atoms with E-state index in [-0.39, 0.29) is 12.1 Å². The summed E-state index contributed by atoms with van der Waals surface area (Å²) in [6, 6.07) is 0.0777. The van der Waals surface area contributed by atoms with Crippen molar-refractivity contribution in [1.29, 1.82) is 0 Å². The Morgan fingerprint density at radius 2 is 2.26 bits per heavy atom. The molecule has 1 aliphatic heterocycles. The molecule has 1 aromatic rings. The van der Waals surface area contributed by atoms with Crippen molar-refractivity contribution in [3.05, 3.63) is 11.7 Å². The van der Waals surface area contributed by atoms with Crippen molar-refractivity contribution in [3.63, 3.8) is 0 Å². The lowest BCUT2D eigenvalue weighted by atomic mass is 10.0. The molecule has 2 rings (SSSR count). The van der Waals surface area contributed by atoms with Crippen LogP contribution in [0.1, 0.15) is 51.4 Å². The molecule has 3 unspecified atom stereocenters. The maximum atomic E-state index is 5.75. The van der Waals surface area contributed by atoms with Gasteiger partial charge in [-0.25, -0.2) is 0 Å². The molecule has 6 heteroatoms. The van der Waals surface area contributed by atoms with Gasteiger partial charge >= 0.3 is 0 Å².